The van der Waals surface area contributed by atoms with Crippen LogP contribution in [-0.2, 0) is 13.0 Å². The molecule has 1 aromatic carbocycles. The predicted octanol–water partition coefficient (Wildman–Crippen LogP) is 9.34. The molecule has 0 fully saturated rings. The van der Waals surface area contributed by atoms with Gasteiger partial charge in [0.15, 0.2) is 5.75 Å². The molecular weight excluding hydrogens is 458 g/mol. The van der Waals surface area contributed by atoms with Gasteiger partial charge in [-0.1, -0.05) is 116 Å². The summed E-state index contributed by atoms with van der Waals surface area (Å²) in [6, 6.07) is 9.33. The highest BCUT2D eigenvalue weighted by Crippen LogP contribution is 2.18. The van der Waals surface area contributed by atoms with Crippen molar-refractivity contribution in [2.75, 3.05) is 7.11 Å². The van der Waals surface area contributed by atoms with Crippen LogP contribution in [0.4, 0.5) is 0 Å². The van der Waals surface area contributed by atoms with Crippen molar-refractivity contribution in [2.24, 2.45) is 0 Å². The van der Waals surface area contributed by atoms with Gasteiger partial charge in [-0.2, -0.15) is 0 Å². The molecule has 0 unspecified atom stereocenters. The number of allylic oxidation sites excluding steroid dienone is 1. The third-order valence-electron chi connectivity index (χ3n) is 7.05. The molecule has 0 atom stereocenters. The van der Waals surface area contributed by atoms with E-state index >= 15 is 0 Å². The molecule has 0 amide bonds. The smallest absolute Gasteiger partial charge is 0.223 e. The van der Waals surface area contributed by atoms with Crippen LogP contribution >= 0.6 is 0 Å². The lowest BCUT2D eigenvalue weighted by Gasteiger charge is -2.14. The highest BCUT2D eigenvalue weighted by Gasteiger charge is 2.10. The summed E-state index contributed by atoms with van der Waals surface area (Å²) in [4.78, 5) is 12.5. The molecule has 4 heteroatoms. The van der Waals surface area contributed by atoms with Gasteiger partial charge in [-0.25, -0.2) is 0 Å². The Balaban J connectivity index is 1.64. The molecule has 1 heterocycles. The Morgan fingerprint density at radius 3 is 1.86 bits per heavy atom. The fourth-order valence-electron chi connectivity index (χ4n) is 4.73. The van der Waals surface area contributed by atoms with Crippen molar-refractivity contribution >= 4 is 6.20 Å². The third-order valence-corrected chi connectivity index (χ3v) is 7.05. The maximum atomic E-state index is 12.5. The molecule has 0 radical (unpaired) electrons. The van der Waals surface area contributed by atoms with E-state index in [4.69, 9.17) is 9.47 Å². The molecule has 37 heavy (non-hydrogen) atoms. The highest BCUT2D eigenvalue weighted by atomic mass is 16.5. The van der Waals surface area contributed by atoms with Crippen LogP contribution in [-0.4, -0.2) is 11.7 Å². The molecule has 1 aromatic heterocycles. The Kier molecular flexibility index (Phi) is 16.3. The highest BCUT2D eigenvalue weighted by molar-refractivity contribution is 5.37. The largest absolute Gasteiger partial charge is 0.497 e. The second kappa shape index (κ2) is 19.6. The summed E-state index contributed by atoms with van der Waals surface area (Å²) in [5.74, 6) is 1.26. The van der Waals surface area contributed by atoms with Gasteiger partial charge < -0.3 is 14.0 Å². The summed E-state index contributed by atoms with van der Waals surface area (Å²) >= 11 is 0. The lowest BCUT2D eigenvalue weighted by atomic mass is 10.0. The van der Waals surface area contributed by atoms with E-state index in [-0.39, 0.29) is 5.43 Å². The molecule has 0 bridgehead atoms. The zero-order valence-electron chi connectivity index (χ0n) is 23.8. The predicted molar refractivity (Wildman–Crippen MR) is 158 cm³/mol. The van der Waals surface area contributed by atoms with Gasteiger partial charge in [0.1, 0.15) is 12.4 Å². The van der Waals surface area contributed by atoms with E-state index in [1.165, 1.54) is 89.9 Å². The summed E-state index contributed by atoms with van der Waals surface area (Å²) in [6.07, 6.45) is 27.3. The van der Waals surface area contributed by atoms with E-state index in [2.05, 4.69) is 26.1 Å². The zero-order chi connectivity index (χ0) is 26.6. The van der Waals surface area contributed by atoms with Crippen molar-refractivity contribution in [1.82, 2.24) is 4.57 Å². The van der Waals surface area contributed by atoms with Crippen molar-refractivity contribution in [3.8, 4) is 11.5 Å². The number of methoxy groups -OCH3 is 1. The minimum atomic E-state index is -0.0676. The fourth-order valence-corrected chi connectivity index (χ4v) is 4.73. The van der Waals surface area contributed by atoms with Crippen LogP contribution in [0.2, 0.25) is 0 Å². The number of hydrogen-bond acceptors (Lipinski definition) is 3. The SMILES string of the molecule is CCCCCCCCCCCCCCCCC=Cn1ccc(=O)c(OCc2ccc(OC)cc2)c1CC. The molecular formula is C33H51NO3. The number of nitrogens with zero attached hydrogens (tertiary/aromatic N) is 1. The van der Waals surface area contributed by atoms with Gasteiger partial charge in [-0.05, 0) is 37.0 Å². The molecule has 4 nitrogen and oxygen atoms in total. The van der Waals surface area contributed by atoms with Crippen LogP contribution in [0.25, 0.3) is 6.20 Å². The minimum Gasteiger partial charge on any atom is -0.497 e. The quantitative estimate of drug-likeness (QED) is 0.157. The van der Waals surface area contributed by atoms with Crippen LogP contribution in [0.1, 0.15) is 121 Å². The Morgan fingerprint density at radius 2 is 1.32 bits per heavy atom. The summed E-state index contributed by atoms with van der Waals surface area (Å²) in [5.41, 5.74) is 1.85. The minimum absolute atomic E-state index is 0.0676. The van der Waals surface area contributed by atoms with Gasteiger partial charge >= 0.3 is 0 Å². The van der Waals surface area contributed by atoms with Crippen molar-refractivity contribution < 1.29 is 9.47 Å². The van der Waals surface area contributed by atoms with E-state index in [0.717, 1.165) is 29.8 Å². The second-order valence-electron chi connectivity index (χ2n) is 10.1. The van der Waals surface area contributed by atoms with Gasteiger partial charge in [-0.15, -0.1) is 0 Å². The molecule has 206 valence electrons. The van der Waals surface area contributed by atoms with Gasteiger partial charge in [-0.3, -0.25) is 4.79 Å². The number of hydrogen-bond donors (Lipinski definition) is 0. The van der Waals surface area contributed by atoms with E-state index in [1.807, 2.05) is 35.0 Å². The summed E-state index contributed by atoms with van der Waals surface area (Å²) in [5, 5.41) is 0. The first-order valence-electron chi connectivity index (χ1n) is 14.9. The first-order chi connectivity index (χ1) is 18.2. The Hall–Kier alpha value is -2.49. The molecule has 0 aliphatic rings. The first kappa shape index (κ1) is 30.7. The second-order valence-corrected chi connectivity index (χ2v) is 10.1. The fraction of sp³-hybridized carbons (Fsp3) is 0.606. The molecule has 0 aliphatic carbocycles. The lowest BCUT2D eigenvalue weighted by molar-refractivity contribution is 0.297. The van der Waals surface area contributed by atoms with Gasteiger partial charge in [0, 0.05) is 18.5 Å². The summed E-state index contributed by atoms with van der Waals surface area (Å²) < 4.78 is 13.2. The third kappa shape index (κ3) is 12.5. The number of aromatic nitrogens is 1. The standard InChI is InChI=1S/C33H51NO3/c1-4-6-7-8-9-10-11-12-13-14-15-16-17-18-19-20-26-34-27-25-32(35)33(31(34)5-2)37-28-29-21-23-30(36-3)24-22-29/h20-27H,4-19,28H2,1-3H3. The van der Waals surface area contributed by atoms with E-state index < -0.39 is 0 Å². The maximum absolute atomic E-state index is 12.5. The zero-order valence-corrected chi connectivity index (χ0v) is 23.8. The van der Waals surface area contributed by atoms with Gasteiger partial charge in [0.2, 0.25) is 5.43 Å². The van der Waals surface area contributed by atoms with Crippen LogP contribution in [0, 0.1) is 0 Å². The van der Waals surface area contributed by atoms with Gasteiger partial charge in [0.25, 0.3) is 0 Å². The van der Waals surface area contributed by atoms with Crippen molar-refractivity contribution in [1.29, 1.82) is 0 Å². The van der Waals surface area contributed by atoms with Crippen LogP contribution in [0.3, 0.4) is 0 Å². The number of pyridine rings is 1. The first-order valence-corrected chi connectivity index (χ1v) is 14.9. The lowest BCUT2D eigenvalue weighted by Crippen LogP contribution is -2.14. The summed E-state index contributed by atoms with van der Waals surface area (Å²) in [7, 11) is 1.65. The maximum Gasteiger partial charge on any atom is 0.223 e. The Morgan fingerprint density at radius 1 is 0.757 bits per heavy atom. The molecule has 0 saturated carbocycles. The van der Waals surface area contributed by atoms with Crippen LogP contribution in [0.5, 0.6) is 11.5 Å². The van der Waals surface area contributed by atoms with Crippen LogP contribution < -0.4 is 14.9 Å². The van der Waals surface area contributed by atoms with E-state index in [0.29, 0.717) is 12.4 Å². The number of ether oxygens (including phenoxy) is 2. The number of unbranched alkanes of at least 4 members (excludes halogenated alkanes) is 14. The number of rotatable bonds is 21. The molecule has 2 aromatic rings. The van der Waals surface area contributed by atoms with Crippen molar-refractivity contribution in [3.05, 3.63) is 64.1 Å². The normalized spacial score (nSPS) is 11.3. The van der Waals surface area contributed by atoms with Crippen molar-refractivity contribution in [2.45, 2.75) is 123 Å². The van der Waals surface area contributed by atoms with E-state index in [9.17, 15) is 4.79 Å². The average Bonchev–Trinajstić information content (AvgIpc) is 2.92. The molecule has 0 spiro atoms. The molecule has 2 rings (SSSR count). The van der Waals surface area contributed by atoms with E-state index in [1.54, 1.807) is 13.2 Å². The Bertz CT molecular complexity index is 930. The molecule has 0 aliphatic heterocycles. The van der Waals surface area contributed by atoms with Crippen molar-refractivity contribution in [3.63, 3.8) is 0 Å². The summed E-state index contributed by atoms with van der Waals surface area (Å²) in [6.45, 7) is 4.71. The molecule has 0 saturated heterocycles. The van der Waals surface area contributed by atoms with Gasteiger partial charge in [0.05, 0.1) is 12.8 Å². The topological polar surface area (TPSA) is 40.5 Å². The molecule has 0 N–H and O–H groups in total. The Labute approximate surface area is 226 Å². The monoisotopic (exact) mass is 509 g/mol. The average molecular weight is 510 g/mol. The number of benzene rings is 1. The van der Waals surface area contributed by atoms with Crippen LogP contribution in [0.15, 0.2) is 47.4 Å².